The Kier molecular flexibility index (Phi) is 7.27. The highest BCUT2D eigenvalue weighted by Gasteiger charge is 2.21. The standard InChI is InChI=1S/C23H22ClN3O5/c1-26-16(12-20(28)27(2)23(26)31)14-32-21(29)13-19(15-8-4-3-5-9-15)25-22(30)17-10-6-7-11-18(17)24/h3-12,19H,13-14H2,1-2H3,(H,25,30)/t19-/m1/s1. The smallest absolute Gasteiger partial charge is 0.330 e. The van der Waals surface area contributed by atoms with Crippen LogP contribution in [0.5, 0.6) is 0 Å². The monoisotopic (exact) mass is 455 g/mol. The fourth-order valence-corrected chi connectivity index (χ4v) is 3.34. The van der Waals surface area contributed by atoms with Crippen molar-refractivity contribution in [3.05, 3.63) is 103 Å². The number of rotatable bonds is 7. The summed E-state index contributed by atoms with van der Waals surface area (Å²) in [6.07, 6.45) is -0.154. The number of benzene rings is 2. The molecule has 0 unspecified atom stereocenters. The predicted octanol–water partition coefficient (Wildman–Crippen LogP) is 2.34. The Morgan fingerprint density at radius 1 is 1.00 bits per heavy atom. The van der Waals surface area contributed by atoms with Crippen LogP contribution in [0, 0.1) is 0 Å². The maximum absolute atomic E-state index is 12.7. The second-order valence-electron chi connectivity index (χ2n) is 7.16. The van der Waals surface area contributed by atoms with Crippen LogP contribution in [0.4, 0.5) is 0 Å². The zero-order chi connectivity index (χ0) is 23.3. The van der Waals surface area contributed by atoms with Gasteiger partial charge in [-0.3, -0.25) is 23.5 Å². The molecule has 1 N–H and O–H groups in total. The van der Waals surface area contributed by atoms with Crippen LogP contribution < -0.4 is 16.6 Å². The van der Waals surface area contributed by atoms with Gasteiger partial charge in [-0.25, -0.2) is 4.79 Å². The summed E-state index contributed by atoms with van der Waals surface area (Å²) in [6, 6.07) is 16.2. The van der Waals surface area contributed by atoms with Gasteiger partial charge in [-0.1, -0.05) is 54.1 Å². The van der Waals surface area contributed by atoms with Gasteiger partial charge in [0.25, 0.3) is 11.5 Å². The molecule has 32 heavy (non-hydrogen) atoms. The summed E-state index contributed by atoms with van der Waals surface area (Å²) in [5, 5.41) is 3.12. The summed E-state index contributed by atoms with van der Waals surface area (Å²) < 4.78 is 7.50. The molecule has 9 heteroatoms. The molecule has 0 fully saturated rings. The van der Waals surface area contributed by atoms with Crippen molar-refractivity contribution < 1.29 is 14.3 Å². The van der Waals surface area contributed by atoms with Crippen LogP contribution >= 0.6 is 11.6 Å². The molecule has 0 aliphatic heterocycles. The molecule has 0 bridgehead atoms. The van der Waals surface area contributed by atoms with E-state index in [4.69, 9.17) is 16.3 Å². The first-order valence-electron chi connectivity index (χ1n) is 9.80. The van der Waals surface area contributed by atoms with Crippen molar-refractivity contribution in [3.63, 3.8) is 0 Å². The molecule has 3 aromatic rings. The molecule has 2 aromatic carbocycles. The number of hydrogen-bond donors (Lipinski definition) is 1. The molecule has 0 radical (unpaired) electrons. The van der Waals surface area contributed by atoms with E-state index in [2.05, 4.69) is 5.32 Å². The van der Waals surface area contributed by atoms with Gasteiger partial charge < -0.3 is 10.1 Å². The summed E-state index contributed by atoms with van der Waals surface area (Å²) >= 11 is 6.12. The molecule has 3 rings (SSSR count). The number of halogens is 1. The number of nitrogens with zero attached hydrogens (tertiary/aromatic N) is 2. The van der Waals surface area contributed by atoms with E-state index in [-0.39, 0.29) is 18.7 Å². The van der Waals surface area contributed by atoms with Crippen molar-refractivity contribution in [1.82, 2.24) is 14.5 Å². The second kappa shape index (κ2) is 10.1. The first-order valence-corrected chi connectivity index (χ1v) is 10.2. The van der Waals surface area contributed by atoms with E-state index in [0.717, 1.165) is 4.57 Å². The predicted molar refractivity (Wildman–Crippen MR) is 119 cm³/mol. The van der Waals surface area contributed by atoms with Crippen LogP contribution in [0.1, 0.15) is 34.1 Å². The van der Waals surface area contributed by atoms with Gasteiger partial charge in [0.2, 0.25) is 0 Å². The minimum atomic E-state index is -0.667. The Labute approximate surface area is 189 Å². The van der Waals surface area contributed by atoms with E-state index < -0.39 is 29.2 Å². The molecule has 0 saturated carbocycles. The molecule has 0 aliphatic rings. The molecule has 0 aliphatic carbocycles. The van der Waals surface area contributed by atoms with Crippen molar-refractivity contribution in [1.29, 1.82) is 0 Å². The highest BCUT2D eigenvalue weighted by molar-refractivity contribution is 6.33. The second-order valence-corrected chi connectivity index (χ2v) is 7.56. The third-order valence-electron chi connectivity index (χ3n) is 5.00. The summed E-state index contributed by atoms with van der Waals surface area (Å²) in [7, 11) is 2.86. The number of esters is 1. The van der Waals surface area contributed by atoms with Gasteiger partial charge in [0.15, 0.2) is 0 Å². The molecule has 1 heterocycles. The maximum Gasteiger partial charge on any atom is 0.330 e. The van der Waals surface area contributed by atoms with Crippen molar-refractivity contribution >= 4 is 23.5 Å². The van der Waals surface area contributed by atoms with Crippen LogP contribution in [-0.2, 0) is 30.2 Å². The zero-order valence-electron chi connectivity index (χ0n) is 17.6. The lowest BCUT2D eigenvalue weighted by atomic mass is 10.0. The summed E-state index contributed by atoms with van der Waals surface area (Å²) in [5.74, 6) is -1.03. The van der Waals surface area contributed by atoms with Gasteiger partial charge >= 0.3 is 11.7 Å². The molecule has 1 amide bonds. The number of aromatic nitrogens is 2. The molecular formula is C23H22ClN3O5. The lowest BCUT2D eigenvalue weighted by Crippen LogP contribution is -2.38. The quantitative estimate of drug-likeness (QED) is 0.551. The molecule has 0 saturated heterocycles. The van der Waals surface area contributed by atoms with E-state index in [0.29, 0.717) is 16.1 Å². The Morgan fingerprint density at radius 3 is 2.34 bits per heavy atom. The largest absolute Gasteiger partial charge is 0.459 e. The van der Waals surface area contributed by atoms with Gasteiger partial charge in [-0.15, -0.1) is 0 Å². The van der Waals surface area contributed by atoms with E-state index in [1.54, 1.807) is 48.5 Å². The Hall–Kier alpha value is -3.65. The van der Waals surface area contributed by atoms with Crippen LogP contribution in [0.3, 0.4) is 0 Å². The molecule has 1 aromatic heterocycles. The van der Waals surface area contributed by atoms with Crippen LogP contribution in [0.25, 0.3) is 0 Å². The van der Waals surface area contributed by atoms with Gasteiger partial charge in [-0.05, 0) is 17.7 Å². The van der Waals surface area contributed by atoms with E-state index >= 15 is 0 Å². The minimum absolute atomic E-state index is 0.154. The maximum atomic E-state index is 12.7. The van der Waals surface area contributed by atoms with Crippen LogP contribution in [0.15, 0.2) is 70.3 Å². The topological polar surface area (TPSA) is 99.4 Å². The molecule has 1 atom stereocenters. The van der Waals surface area contributed by atoms with Crippen LogP contribution in [0.2, 0.25) is 5.02 Å². The van der Waals surface area contributed by atoms with Gasteiger partial charge in [0.1, 0.15) is 6.61 Å². The number of hydrogen-bond acceptors (Lipinski definition) is 5. The van der Waals surface area contributed by atoms with Crippen molar-refractivity contribution in [3.8, 4) is 0 Å². The molecule has 0 spiro atoms. The van der Waals surface area contributed by atoms with Crippen molar-refractivity contribution in [2.45, 2.75) is 19.1 Å². The van der Waals surface area contributed by atoms with E-state index in [1.165, 1.54) is 24.7 Å². The third-order valence-corrected chi connectivity index (χ3v) is 5.33. The van der Waals surface area contributed by atoms with Crippen molar-refractivity contribution in [2.75, 3.05) is 0 Å². The Bertz CT molecular complexity index is 1250. The fourth-order valence-electron chi connectivity index (χ4n) is 3.12. The van der Waals surface area contributed by atoms with Gasteiger partial charge in [-0.2, -0.15) is 0 Å². The zero-order valence-corrected chi connectivity index (χ0v) is 18.3. The van der Waals surface area contributed by atoms with E-state index in [9.17, 15) is 19.2 Å². The third kappa shape index (κ3) is 5.33. The Morgan fingerprint density at radius 2 is 1.66 bits per heavy atom. The number of amides is 1. The minimum Gasteiger partial charge on any atom is -0.459 e. The number of nitrogens with one attached hydrogen (secondary N) is 1. The average Bonchev–Trinajstić information content (AvgIpc) is 2.79. The average molecular weight is 456 g/mol. The first-order chi connectivity index (χ1) is 15.3. The van der Waals surface area contributed by atoms with Gasteiger partial charge in [0.05, 0.1) is 28.7 Å². The normalized spacial score (nSPS) is 11.6. The SMILES string of the molecule is Cn1c(COC(=O)C[C@@H](NC(=O)c2ccccc2Cl)c2ccccc2)cc(=O)n(C)c1=O. The summed E-state index contributed by atoms with van der Waals surface area (Å²) in [5.41, 5.74) is 0.262. The number of ether oxygens (including phenoxy) is 1. The number of carbonyl (C=O) groups is 2. The molecular weight excluding hydrogens is 434 g/mol. The lowest BCUT2D eigenvalue weighted by molar-refractivity contribution is -0.145. The molecule has 8 nitrogen and oxygen atoms in total. The summed E-state index contributed by atoms with van der Waals surface area (Å²) in [6.45, 7) is -0.249. The highest BCUT2D eigenvalue weighted by Crippen LogP contribution is 2.21. The van der Waals surface area contributed by atoms with E-state index in [1.807, 2.05) is 6.07 Å². The van der Waals surface area contributed by atoms with Crippen molar-refractivity contribution in [2.24, 2.45) is 14.1 Å². The Balaban J connectivity index is 1.75. The molecule has 166 valence electrons. The summed E-state index contributed by atoms with van der Waals surface area (Å²) in [4.78, 5) is 49.2. The van der Waals surface area contributed by atoms with Crippen LogP contribution in [-0.4, -0.2) is 21.0 Å². The highest BCUT2D eigenvalue weighted by atomic mass is 35.5. The fraction of sp³-hybridized carbons (Fsp3) is 0.217. The van der Waals surface area contributed by atoms with Gasteiger partial charge in [0, 0.05) is 20.2 Å². The number of carbonyl (C=O) groups excluding carboxylic acids is 2. The first kappa shape index (κ1) is 23.0. The lowest BCUT2D eigenvalue weighted by Gasteiger charge is -2.19.